The molecule has 0 radical (unpaired) electrons. The third-order valence-corrected chi connectivity index (χ3v) is 4.07. The highest BCUT2D eigenvalue weighted by Gasteiger charge is 2.30. The van der Waals surface area contributed by atoms with Gasteiger partial charge in [-0.15, -0.1) is 0 Å². The number of hydrogen-bond acceptors (Lipinski definition) is 2. The predicted octanol–water partition coefficient (Wildman–Crippen LogP) is 2.42. The molecule has 2 N–H and O–H groups in total. The normalized spacial score (nSPS) is 17.4. The van der Waals surface area contributed by atoms with Crippen LogP contribution in [0.25, 0.3) is 0 Å². The van der Waals surface area contributed by atoms with Crippen LogP contribution in [0.4, 0.5) is 0 Å². The van der Waals surface area contributed by atoms with Crippen molar-refractivity contribution >= 4 is 0 Å². The molecule has 94 valence electrons. The number of likely N-dealkylation sites (N-methyl/N-ethyl adjacent to an activating group) is 1. The Hall–Kier alpha value is -0.860. The summed E-state index contributed by atoms with van der Waals surface area (Å²) in [6.45, 7) is 4.14. The van der Waals surface area contributed by atoms with Gasteiger partial charge in [0.05, 0.1) is 0 Å². The average Bonchev–Trinajstić information content (AvgIpc) is 3.19. The van der Waals surface area contributed by atoms with Crippen LogP contribution in [0.1, 0.15) is 30.9 Å². The van der Waals surface area contributed by atoms with E-state index in [9.17, 15) is 0 Å². The standard InChI is InChI=1S/C15H24N2/c1-12(13-7-8-13)17(2)10-9-14-5-3-4-6-15(14)11-16/h3-6,12-13H,7-11,16H2,1-2H3. The molecule has 1 aromatic carbocycles. The van der Waals surface area contributed by atoms with Crippen LogP contribution < -0.4 is 5.73 Å². The van der Waals surface area contributed by atoms with Crippen molar-refractivity contribution in [3.8, 4) is 0 Å². The van der Waals surface area contributed by atoms with E-state index in [0.29, 0.717) is 6.54 Å². The molecule has 0 spiro atoms. The summed E-state index contributed by atoms with van der Waals surface area (Å²) in [6.07, 6.45) is 3.96. The number of rotatable bonds is 6. The van der Waals surface area contributed by atoms with Crippen molar-refractivity contribution in [1.82, 2.24) is 4.90 Å². The first kappa shape index (κ1) is 12.6. The topological polar surface area (TPSA) is 29.3 Å². The molecule has 0 bridgehead atoms. The fourth-order valence-electron chi connectivity index (χ4n) is 2.44. The van der Waals surface area contributed by atoms with Gasteiger partial charge in [-0.1, -0.05) is 24.3 Å². The summed E-state index contributed by atoms with van der Waals surface area (Å²) in [5, 5.41) is 0. The fourth-order valence-corrected chi connectivity index (χ4v) is 2.44. The lowest BCUT2D eigenvalue weighted by atomic mass is 10.0. The van der Waals surface area contributed by atoms with Gasteiger partial charge in [-0.25, -0.2) is 0 Å². The van der Waals surface area contributed by atoms with Gasteiger partial charge in [-0.05, 0) is 50.3 Å². The Labute approximate surface area is 105 Å². The fraction of sp³-hybridized carbons (Fsp3) is 0.600. The molecule has 2 nitrogen and oxygen atoms in total. The summed E-state index contributed by atoms with van der Waals surface area (Å²) in [6, 6.07) is 9.26. The molecule has 0 saturated heterocycles. The molecule has 0 amide bonds. The summed E-state index contributed by atoms with van der Waals surface area (Å²) in [7, 11) is 2.24. The summed E-state index contributed by atoms with van der Waals surface area (Å²) in [5.74, 6) is 0.949. The van der Waals surface area contributed by atoms with E-state index in [4.69, 9.17) is 5.73 Å². The van der Waals surface area contributed by atoms with Crippen LogP contribution in [-0.2, 0) is 13.0 Å². The first-order chi connectivity index (χ1) is 8.22. The van der Waals surface area contributed by atoms with E-state index in [2.05, 4.69) is 43.1 Å². The zero-order chi connectivity index (χ0) is 12.3. The van der Waals surface area contributed by atoms with Crippen LogP contribution >= 0.6 is 0 Å². The highest BCUT2D eigenvalue weighted by atomic mass is 15.1. The van der Waals surface area contributed by atoms with E-state index in [1.54, 1.807) is 0 Å². The van der Waals surface area contributed by atoms with Crippen molar-refractivity contribution < 1.29 is 0 Å². The summed E-state index contributed by atoms with van der Waals surface area (Å²) >= 11 is 0. The van der Waals surface area contributed by atoms with Crippen LogP contribution in [0, 0.1) is 5.92 Å². The number of nitrogens with two attached hydrogens (primary N) is 1. The zero-order valence-electron chi connectivity index (χ0n) is 11.0. The van der Waals surface area contributed by atoms with Crippen molar-refractivity contribution in [2.45, 2.75) is 38.8 Å². The van der Waals surface area contributed by atoms with Crippen molar-refractivity contribution in [2.75, 3.05) is 13.6 Å². The second-order valence-electron chi connectivity index (χ2n) is 5.28. The summed E-state index contributed by atoms with van der Waals surface area (Å²) in [5.41, 5.74) is 8.46. The molecule has 1 aliphatic rings. The molecule has 1 aromatic rings. The molecule has 1 saturated carbocycles. The molecule has 0 heterocycles. The minimum Gasteiger partial charge on any atom is -0.326 e. The van der Waals surface area contributed by atoms with E-state index in [-0.39, 0.29) is 0 Å². The molecule has 1 unspecified atom stereocenters. The van der Waals surface area contributed by atoms with Gasteiger partial charge in [0.2, 0.25) is 0 Å². The molecule has 1 fully saturated rings. The third kappa shape index (κ3) is 3.30. The van der Waals surface area contributed by atoms with Crippen molar-refractivity contribution in [3.05, 3.63) is 35.4 Å². The van der Waals surface area contributed by atoms with Crippen molar-refractivity contribution in [3.63, 3.8) is 0 Å². The molecule has 0 aromatic heterocycles. The monoisotopic (exact) mass is 232 g/mol. The van der Waals surface area contributed by atoms with Gasteiger partial charge in [0.15, 0.2) is 0 Å². The van der Waals surface area contributed by atoms with Gasteiger partial charge < -0.3 is 10.6 Å². The minimum atomic E-state index is 0.651. The lowest BCUT2D eigenvalue weighted by Crippen LogP contribution is -2.32. The number of nitrogens with zero attached hydrogens (tertiary/aromatic N) is 1. The molecule has 2 rings (SSSR count). The Morgan fingerprint density at radius 3 is 2.53 bits per heavy atom. The van der Waals surface area contributed by atoms with E-state index in [1.807, 2.05) is 0 Å². The van der Waals surface area contributed by atoms with E-state index in [0.717, 1.165) is 24.9 Å². The van der Waals surface area contributed by atoms with E-state index in [1.165, 1.54) is 24.0 Å². The van der Waals surface area contributed by atoms with Gasteiger partial charge >= 0.3 is 0 Å². The predicted molar refractivity (Wildman–Crippen MR) is 72.9 cm³/mol. The maximum absolute atomic E-state index is 5.76. The smallest absolute Gasteiger partial charge is 0.0180 e. The maximum Gasteiger partial charge on any atom is 0.0180 e. The van der Waals surface area contributed by atoms with Gasteiger partial charge in [0.1, 0.15) is 0 Å². The van der Waals surface area contributed by atoms with Crippen LogP contribution in [-0.4, -0.2) is 24.5 Å². The molecule has 1 aliphatic carbocycles. The zero-order valence-corrected chi connectivity index (χ0v) is 11.0. The Kier molecular flexibility index (Phi) is 4.19. The molecular formula is C15H24N2. The molecule has 1 atom stereocenters. The second kappa shape index (κ2) is 5.65. The SMILES string of the molecule is CC(C1CC1)N(C)CCc1ccccc1CN. The Morgan fingerprint density at radius 1 is 1.29 bits per heavy atom. The van der Waals surface area contributed by atoms with Gasteiger partial charge in [-0.3, -0.25) is 0 Å². The number of benzene rings is 1. The van der Waals surface area contributed by atoms with E-state index < -0.39 is 0 Å². The summed E-state index contributed by atoms with van der Waals surface area (Å²) < 4.78 is 0. The molecule has 17 heavy (non-hydrogen) atoms. The second-order valence-corrected chi connectivity index (χ2v) is 5.28. The van der Waals surface area contributed by atoms with Crippen LogP contribution in [0.15, 0.2) is 24.3 Å². The van der Waals surface area contributed by atoms with E-state index >= 15 is 0 Å². The molecule has 0 aliphatic heterocycles. The van der Waals surface area contributed by atoms with Crippen molar-refractivity contribution in [2.24, 2.45) is 11.7 Å². The molecule has 2 heteroatoms. The quantitative estimate of drug-likeness (QED) is 0.816. The highest BCUT2D eigenvalue weighted by molar-refractivity contribution is 5.27. The lowest BCUT2D eigenvalue weighted by Gasteiger charge is -2.24. The molecular weight excluding hydrogens is 208 g/mol. The Balaban J connectivity index is 1.88. The van der Waals surface area contributed by atoms with Gasteiger partial charge in [0.25, 0.3) is 0 Å². The largest absolute Gasteiger partial charge is 0.326 e. The first-order valence-electron chi connectivity index (χ1n) is 6.69. The highest BCUT2D eigenvalue weighted by Crippen LogP contribution is 2.34. The van der Waals surface area contributed by atoms with Gasteiger partial charge in [-0.2, -0.15) is 0 Å². The van der Waals surface area contributed by atoms with Crippen molar-refractivity contribution in [1.29, 1.82) is 0 Å². The first-order valence-corrected chi connectivity index (χ1v) is 6.69. The van der Waals surface area contributed by atoms with Crippen LogP contribution in [0.3, 0.4) is 0 Å². The minimum absolute atomic E-state index is 0.651. The Bertz CT molecular complexity index is 358. The van der Waals surface area contributed by atoms with Crippen LogP contribution in [0.2, 0.25) is 0 Å². The summed E-state index contributed by atoms with van der Waals surface area (Å²) in [4.78, 5) is 2.49. The van der Waals surface area contributed by atoms with Crippen LogP contribution in [0.5, 0.6) is 0 Å². The lowest BCUT2D eigenvalue weighted by molar-refractivity contribution is 0.237. The maximum atomic E-state index is 5.76. The van der Waals surface area contributed by atoms with Gasteiger partial charge in [0, 0.05) is 19.1 Å². The number of hydrogen-bond donors (Lipinski definition) is 1. The average molecular weight is 232 g/mol. The third-order valence-electron chi connectivity index (χ3n) is 4.07. The Morgan fingerprint density at radius 2 is 1.94 bits per heavy atom.